The molecule has 8 heteroatoms. The fourth-order valence-corrected chi connectivity index (χ4v) is 3.22. The number of hydrogen-bond acceptors (Lipinski definition) is 5. The number of halogens is 3. The van der Waals surface area contributed by atoms with Crippen molar-refractivity contribution in [3.8, 4) is 0 Å². The lowest BCUT2D eigenvalue weighted by atomic mass is 10.0. The SMILES string of the molecule is O=C(COC(=O)[C@H](CC(=O)c1ccccc1)Nc1cc(Cl)ccc1Cl)c1ccc(F)cc1. The van der Waals surface area contributed by atoms with E-state index in [0.29, 0.717) is 21.3 Å². The van der Waals surface area contributed by atoms with E-state index in [4.69, 9.17) is 27.9 Å². The Bertz CT molecular complexity index is 1120. The Labute approximate surface area is 194 Å². The number of Topliss-reactive ketones (excluding diaryl/α,β-unsaturated/α-hetero) is 2. The van der Waals surface area contributed by atoms with Crippen LogP contribution in [0.5, 0.6) is 0 Å². The highest BCUT2D eigenvalue weighted by Gasteiger charge is 2.26. The molecule has 0 fully saturated rings. The molecule has 3 aromatic rings. The molecule has 32 heavy (non-hydrogen) atoms. The summed E-state index contributed by atoms with van der Waals surface area (Å²) >= 11 is 12.2. The van der Waals surface area contributed by atoms with Crippen molar-refractivity contribution in [3.05, 3.63) is 99.8 Å². The Morgan fingerprint density at radius 2 is 1.53 bits per heavy atom. The molecule has 0 aliphatic carbocycles. The highest BCUT2D eigenvalue weighted by atomic mass is 35.5. The summed E-state index contributed by atoms with van der Waals surface area (Å²) in [5.74, 6) is -2.11. The van der Waals surface area contributed by atoms with Crippen LogP contribution in [0.1, 0.15) is 27.1 Å². The highest BCUT2D eigenvalue weighted by molar-refractivity contribution is 6.35. The van der Waals surface area contributed by atoms with E-state index in [-0.39, 0.29) is 17.8 Å². The van der Waals surface area contributed by atoms with Crippen LogP contribution >= 0.6 is 23.2 Å². The molecule has 0 saturated carbocycles. The maximum absolute atomic E-state index is 13.0. The minimum Gasteiger partial charge on any atom is -0.456 e. The van der Waals surface area contributed by atoms with Gasteiger partial charge in [0, 0.05) is 22.6 Å². The van der Waals surface area contributed by atoms with Crippen LogP contribution in [0, 0.1) is 5.82 Å². The van der Waals surface area contributed by atoms with Crippen LogP contribution in [0.15, 0.2) is 72.8 Å². The fraction of sp³-hybridized carbons (Fsp3) is 0.125. The van der Waals surface area contributed by atoms with E-state index < -0.39 is 30.2 Å². The number of benzene rings is 3. The van der Waals surface area contributed by atoms with Crippen LogP contribution in [0.3, 0.4) is 0 Å². The average Bonchev–Trinajstić information content (AvgIpc) is 2.80. The first-order chi connectivity index (χ1) is 15.3. The number of carbonyl (C=O) groups excluding carboxylic acids is 3. The van der Waals surface area contributed by atoms with Gasteiger partial charge in [0.15, 0.2) is 18.2 Å². The molecule has 0 unspecified atom stereocenters. The lowest BCUT2D eigenvalue weighted by molar-refractivity contribution is -0.143. The molecule has 0 spiro atoms. The Kier molecular flexibility index (Phi) is 7.98. The van der Waals surface area contributed by atoms with Gasteiger partial charge in [-0.1, -0.05) is 53.5 Å². The van der Waals surface area contributed by atoms with Crippen molar-refractivity contribution in [2.24, 2.45) is 0 Å². The van der Waals surface area contributed by atoms with Gasteiger partial charge in [0.2, 0.25) is 0 Å². The zero-order chi connectivity index (χ0) is 23.1. The second kappa shape index (κ2) is 10.9. The monoisotopic (exact) mass is 473 g/mol. The van der Waals surface area contributed by atoms with E-state index in [1.807, 2.05) is 0 Å². The zero-order valence-corrected chi connectivity index (χ0v) is 18.2. The molecule has 3 aromatic carbocycles. The smallest absolute Gasteiger partial charge is 0.329 e. The van der Waals surface area contributed by atoms with Crippen molar-refractivity contribution in [1.29, 1.82) is 0 Å². The van der Waals surface area contributed by atoms with Gasteiger partial charge in [-0.3, -0.25) is 9.59 Å². The van der Waals surface area contributed by atoms with Crippen molar-refractivity contribution in [1.82, 2.24) is 0 Å². The Balaban J connectivity index is 1.74. The molecule has 0 saturated heterocycles. The van der Waals surface area contributed by atoms with Crippen molar-refractivity contribution in [2.45, 2.75) is 12.5 Å². The Morgan fingerprint density at radius 3 is 2.22 bits per heavy atom. The third kappa shape index (κ3) is 6.39. The summed E-state index contributed by atoms with van der Waals surface area (Å²) < 4.78 is 18.2. The maximum Gasteiger partial charge on any atom is 0.329 e. The normalized spacial score (nSPS) is 11.5. The van der Waals surface area contributed by atoms with Gasteiger partial charge in [0.1, 0.15) is 11.9 Å². The first-order valence-electron chi connectivity index (χ1n) is 9.58. The summed E-state index contributed by atoms with van der Waals surface area (Å²) in [6.07, 6.45) is -0.240. The van der Waals surface area contributed by atoms with E-state index in [1.165, 1.54) is 18.2 Å². The average molecular weight is 474 g/mol. The minimum atomic E-state index is -1.13. The summed E-state index contributed by atoms with van der Waals surface area (Å²) in [5.41, 5.74) is 0.959. The molecule has 0 aliphatic heterocycles. The molecule has 3 rings (SSSR count). The van der Waals surface area contributed by atoms with Gasteiger partial charge in [0.25, 0.3) is 0 Å². The van der Waals surface area contributed by atoms with Gasteiger partial charge >= 0.3 is 5.97 Å². The van der Waals surface area contributed by atoms with E-state index in [1.54, 1.807) is 42.5 Å². The number of nitrogens with one attached hydrogen (secondary N) is 1. The molecule has 164 valence electrons. The van der Waals surface area contributed by atoms with Gasteiger partial charge < -0.3 is 10.1 Å². The van der Waals surface area contributed by atoms with E-state index >= 15 is 0 Å². The highest BCUT2D eigenvalue weighted by Crippen LogP contribution is 2.27. The van der Waals surface area contributed by atoms with Gasteiger partial charge in [-0.05, 0) is 42.5 Å². The van der Waals surface area contributed by atoms with Crippen molar-refractivity contribution in [2.75, 3.05) is 11.9 Å². The fourth-order valence-electron chi connectivity index (χ4n) is 2.87. The Morgan fingerprint density at radius 1 is 0.875 bits per heavy atom. The lowest BCUT2D eigenvalue weighted by Gasteiger charge is -2.19. The van der Waals surface area contributed by atoms with E-state index in [0.717, 1.165) is 12.1 Å². The summed E-state index contributed by atoms with van der Waals surface area (Å²) in [4.78, 5) is 37.7. The maximum atomic E-state index is 13.0. The number of anilines is 1. The third-order valence-corrected chi connectivity index (χ3v) is 5.10. The van der Waals surface area contributed by atoms with Crippen LogP contribution in [0.25, 0.3) is 0 Å². The molecule has 0 bridgehead atoms. The molecular formula is C24H18Cl2FNO4. The summed E-state index contributed by atoms with van der Waals surface area (Å²) in [5, 5.41) is 3.56. The van der Waals surface area contributed by atoms with Crippen LogP contribution in [0.2, 0.25) is 10.0 Å². The number of rotatable bonds is 9. The van der Waals surface area contributed by atoms with Crippen LogP contribution in [-0.4, -0.2) is 30.2 Å². The molecule has 0 aromatic heterocycles. The van der Waals surface area contributed by atoms with Crippen molar-refractivity contribution < 1.29 is 23.5 Å². The molecule has 5 nitrogen and oxygen atoms in total. The number of esters is 1. The van der Waals surface area contributed by atoms with Crippen molar-refractivity contribution in [3.63, 3.8) is 0 Å². The lowest BCUT2D eigenvalue weighted by Crippen LogP contribution is -2.35. The van der Waals surface area contributed by atoms with Gasteiger partial charge in [-0.25, -0.2) is 9.18 Å². The second-order valence-electron chi connectivity index (χ2n) is 6.85. The molecule has 0 heterocycles. The molecule has 1 N–H and O–H groups in total. The number of carbonyl (C=O) groups is 3. The van der Waals surface area contributed by atoms with Crippen LogP contribution in [0.4, 0.5) is 10.1 Å². The van der Waals surface area contributed by atoms with Crippen LogP contribution in [-0.2, 0) is 9.53 Å². The topological polar surface area (TPSA) is 72.5 Å². The minimum absolute atomic E-state index is 0.196. The first-order valence-corrected chi connectivity index (χ1v) is 10.3. The molecule has 1 atom stereocenters. The molecular weight excluding hydrogens is 456 g/mol. The number of hydrogen-bond donors (Lipinski definition) is 1. The standard InChI is InChI=1S/C24H18Cl2FNO4/c25-17-8-11-19(26)20(12-17)28-21(13-22(29)15-4-2-1-3-5-15)24(31)32-14-23(30)16-6-9-18(27)10-7-16/h1-12,21,28H,13-14H2/t21-/m0/s1. The summed E-state index contributed by atoms with van der Waals surface area (Å²) in [7, 11) is 0. The predicted octanol–water partition coefficient (Wildman–Crippen LogP) is 5.61. The van der Waals surface area contributed by atoms with Gasteiger partial charge in [-0.2, -0.15) is 0 Å². The predicted molar refractivity (Wildman–Crippen MR) is 121 cm³/mol. The van der Waals surface area contributed by atoms with Crippen LogP contribution < -0.4 is 5.32 Å². The molecule has 0 radical (unpaired) electrons. The largest absolute Gasteiger partial charge is 0.456 e. The first kappa shape index (κ1) is 23.4. The summed E-state index contributed by atoms with van der Waals surface area (Å²) in [6.45, 7) is -0.564. The molecule has 0 amide bonds. The molecule has 0 aliphatic rings. The second-order valence-corrected chi connectivity index (χ2v) is 7.70. The van der Waals surface area contributed by atoms with E-state index in [9.17, 15) is 18.8 Å². The number of ketones is 2. The quantitative estimate of drug-likeness (QED) is 0.322. The third-order valence-electron chi connectivity index (χ3n) is 4.54. The number of ether oxygens (including phenoxy) is 1. The van der Waals surface area contributed by atoms with Gasteiger partial charge in [0.05, 0.1) is 10.7 Å². The Hall–Kier alpha value is -3.22. The zero-order valence-electron chi connectivity index (χ0n) is 16.7. The van der Waals surface area contributed by atoms with Crippen molar-refractivity contribution >= 4 is 46.4 Å². The van der Waals surface area contributed by atoms with Gasteiger partial charge in [-0.15, -0.1) is 0 Å². The summed E-state index contributed by atoms with van der Waals surface area (Å²) in [6, 6.07) is 16.9. The van der Waals surface area contributed by atoms with E-state index in [2.05, 4.69) is 5.32 Å².